The van der Waals surface area contributed by atoms with Crippen LogP contribution in [0, 0.1) is 0 Å². The summed E-state index contributed by atoms with van der Waals surface area (Å²) in [7, 11) is 0. The summed E-state index contributed by atoms with van der Waals surface area (Å²) >= 11 is 0. The average Bonchev–Trinajstić information content (AvgIpc) is 3.33. The molecule has 0 bridgehead atoms. The number of fused-ring (bicyclic) bond motifs is 1. The number of para-hydroxylation sites is 1. The monoisotopic (exact) mass is 259 g/mol. The summed E-state index contributed by atoms with van der Waals surface area (Å²) in [4.78, 5) is 2.59. The van der Waals surface area contributed by atoms with E-state index in [1.54, 1.807) is 0 Å². The van der Waals surface area contributed by atoms with Crippen molar-refractivity contribution >= 4 is 18.6 Å². The van der Waals surface area contributed by atoms with E-state index in [0.29, 0.717) is 6.85 Å². The van der Waals surface area contributed by atoms with Crippen LogP contribution in [0.1, 0.15) is 24.0 Å². The van der Waals surface area contributed by atoms with Gasteiger partial charge < -0.3 is 4.81 Å². The molecule has 1 heterocycles. The molecular formula is C18H18BN. The fourth-order valence-corrected chi connectivity index (χ4v) is 3.18. The molecule has 0 amide bonds. The van der Waals surface area contributed by atoms with Crippen molar-refractivity contribution in [3.63, 3.8) is 0 Å². The molecule has 0 atom stereocenters. The molecule has 0 aromatic heterocycles. The molecule has 2 aromatic rings. The van der Waals surface area contributed by atoms with Crippen molar-refractivity contribution < 1.29 is 0 Å². The van der Waals surface area contributed by atoms with Gasteiger partial charge >= 0.3 is 0 Å². The maximum Gasteiger partial charge on any atom is 0.284 e. The van der Waals surface area contributed by atoms with Crippen LogP contribution in [0.25, 0.3) is 6.08 Å². The van der Waals surface area contributed by atoms with Crippen LogP contribution in [0.5, 0.6) is 0 Å². The molecule has 0 spiro atoms. The molecule has 20 heavy (non-hydrogen) atoms. The zero-order valence-electron chi connectivity index (χ0n) is 11.6. The predicted octanol–water partition coefficient (Wildman–Crippen LogP) is 4.41. The number of hydrogen-bond donors (Lipinski definition) is 0. The molecule has 1 nitrogen and oxygen atoms in total. The lowest BCUT2D eigenvalue weighted by Crippen LogP contribution is -2.40. The van der Waals surface area contributed by atoms with E-state index in [1.165, 1.54) is 29.7 Å². The molecular weight excluding hydrogens is 241 g/mol. The Balaban J connectivity index is 1.71. The fraction of sp³-hybridized carbons (Fsp3) is 0.222. The van der Waals surface area contributed by atoms with Crippen LogP contribution in [-0.2, 0) is 6.54 Å². The second kappa shape index (κ2) is 4.86. The Labute approximate surface area is 121 Å². The van der Waals surface area contributed by atoms with Gasteiger partial charge in [0.05, 0.1) is 0 Å². The molecule has 1 fully saturated rings. The third-order valence-corrected chi connectivity index (χ3v) is 4.38. The highest BCUT2D eigenvalue weighted by Crippen LogP contribution is 2.44. The second-order valence-corrected chi connectivity index (χ2v) is 5.86. The zero-order valence-corrected chi connectivity index (χ0v) is 11.6. The van der Waals surface area contributed by atoms with E-state index in [2.05, 4.69) is 71.5 Å². The summed E-state index contributed by atoms with van der Waals surface area (Å²) in [5.74, 6) is 3.26. The van der Waals surface area contributed by atoms with Gasteiger partial charge in [-0.3, -0.25) is 0 Å². The van der Waals surface area contributed by atoms with Gasteiger partial charge in [-0.05, 0) is 23.0 Å². The van der Waals surface area contributed by atoms with Crippen molar-refractivity contribution in [2.75, 3.05) is 4.81 Å². The van der Waals surface area contributed by atoms with Gasteiger partial charge in [0.2, 0.25) is 0 Å². The normalized spacial score (nSPS) is 17.2. The van der Waals surface area contributed by atoms with Gasteiger partial charge in [0.25, 0.3) is 6.85 Å². The third kappa shape index (κ3) is 2.16. The Morgan fingerprint density at radius 1 is 0.950 bits per heavy atom. The quantitative estimate of drug-likeness (QED) is 0.738. The lowest BCUT2D eigenvalue weighted by molar-refractivity contribution is 1.00. The Kier molecular flexibility index (Phi) is 2.88. The van der Waals surface area contributed by atoms with Crippen molar-refractivity contribution in [2.24, 2.45) is 0 Å². The van der Waals surface area contributed by atoms with Gasteiger partial charge in [-0.1, -0.05) is 73.4 Å². The smallest absolute Gasteiger partial charge is 0.284 e. The Morgan fingerprint density at radius 3 is 2.50 bits per heavy atom. The minimum absolute atomic E-state index is 0.574. The van der Waals surface area contributed by atoms with Gasteiger partial charge in [-0.2, -0.15) is 0 Å². The molecule has 2 aliphatic rings. The first kappa shape index (κ1) is 11.8. The van der Waals surface area contributed by atoms with Crippen LogP contribution in [-0.4, -0.2) is 6.85 Å². The van der Waals surface area contributed by atoms with Crippen LogP contribution in [0.4, 0.5) is 5.69 Å². The molecule has 4 rings (SSSR count). The highest BCUT2D eigenvalue weighted by Gasteiger charge is 2.39. The van der Waals surface area contributed by atoms with E-state index in [-0.39, 0.29) is 0 Å². The summed E-state index contributed by atoms with van der Waals surface area (Å²) in [5.41, 5.74) is 4.12. The van der Waals surface area contributed by atoms with Gasteiger partial charge in [-0.25, -0.2) is 0 Å². The number of hydrogen-bond acceptors (Lipinski definition) is 1. The molecule has 1 aliphatic carbocycles. The minimum atomic E-state index is 0.574. The van der Waals surface area contributed by atoms with Crippen LogP contribution in [0.3, 0.4) is 0 Å². The molecule has 0 unspecified atom stereocenters. The lowest BCUT2D eigenvalue weighted by atomic mass is 9.53. The number of nitrogens with zero attached hydrogens (tertiary/aromatic N) is 1. The zero-order chi connectivity index (χ0) is 13.4. The van der Waals surface area contributed by atoms with Gasteiger partial charge in [0.1, 0.15) is 0 Å². The minimum Gasteiger partial charge on any atom is -0.406 e. The summed E-state index contributed by atoms with van der Waals surface area (Å²) in [6.07, 6.45) is 5.06. The fourth-order valence-electron chi connectivity index (χ4n) is 3.18. The van der Waals surface area contributed by atoms with E-state index in [4.69, 9.17) is 0 Å². The molecule has 2 aromatic carbocycles. The van der Waals surface area contributed by atoms with E-state index >= 15 is 0 Å². The summed E-state index contributed by atoms with van der Waals surface area (Å²) < 4.78 is 0. The van der Waals surface area contributed by atoms with Crippen molar-refractivity contribution in [2.45, 2.75) is 25.2 Å². The molecule has 1 aliphatic heterocycles. The number of benzene rings is 2. The Morgan fingerprint density at radius 2 is 1.70 bits per heavy atom. The highest BCUT2D eigenvalue weighted by atomic mass is 15.1. The lowest BCUT2D eigenvalue weighted by Gasteiger charge is -2.34. The molecule has 0 N–H and O–H groups in total. The van der Waals surface area contributed by atoms with Crippen molar-refractivity contribution in [1.29, 1.82) is 0 Å². The van der Waals surface area contributed by atoms with Crippen molar-refractivity contribution in [1.82, 2.24) is 0 Å². The first-order valence-electron chi connectivity index (χ1n) is 7.49. The maximum absolute atomic E-state index is 2.59. The standard InChI is InChI=1S/C18H18BN/c1-2-6-15(7-3-1)14-20-18-9-5-4-8-16(18)12-13-19(20)17-10-11-17/h1-9,12-13,17H,10-11,14H2. The number of anilines is 1. The molecule has 1 saturated carbocycles. The third-order valence-electron chi connectivity index (χ3n) is 4.38. The van der Waals surface area contributed by atoms with E-state index < -0.39 is 0 Å². The van der Waals surface area contributed by atoms with Gasteiger partial charge in [0.15, 0.2) is 0 Å². The van der Waals surface area contributed by atoms with E-state index in [9.17, 15) is 0 Å². The predicted molar refractivity (Wildman–Crippen MR) is 86.8 cm³/mol. The van der Waals surface area contributed by atoms with Crippen molar-refractivity contribution in [3.8, 4) is 0 Å². The molecule has 0 saturated heterocycles. The molecule has 98 valence electrons. The van der Waals surface area contributed by atoms with E-state index in [1.807, 2.05) is 0 Å². The van der Waals surface area contributed by atoms with Crippen LogP contribution >= 0.6 is 0 Å². The number of rotatable bonds is 3. The van der Waals surface area contributed by atoms with Crippen molar-refractivity contribution in [3.05, 3.63) is 71.7 Å². The van der Waals surface area contributed by atoms with E-state index in [0.717, 1.165) is 12.4 Å². The summed E-state index contributed by atoms with van der Waals surface area (Å²) in [5, 5.41) is 0. The Hall–Kier alpha value is -1.96. The molecule has 2 heteroatoms. The van der Waals surface area contributed by atoms with Crippen LogP contribution in [0.15, 0.2) is 60.6 Å². The van der Waals surface area contributed by atoms with Gasteiger partial charge in [0, 0.05) is 12.2 Å². The summed E-state index contributed by atoms with van der Waals surface area (Å²) in [6.45, 7) is 1.58. The van der Waals surface area contributed by atoms with Crippen LogP contribution < -0.4 is 4.81 Å². The SMILES string of the molecule is C1=Cc2ccccc2N(Cc2ccccc2)B1C1CC1. The topological polar surface area (TPSA) is 3.24 Å². The molecule has 0 radical (unpaired) electrons. The first-order valence-corrected chi connectivity index (χ1v) is 7.49. The highest BCUT2D eigenvalue weighted by molar-refractivity contribution is 6.71. The van der Waals surface area contributed by atoms with Crippen LogP contribution in [0.2, 0.25) is 5.82 Å². The Bertz CT molecular complexity index is 631. The maximum atomic E-state index is 2.59. The first-order chi connectivity index (χ1) is 9.92. The largest absolute Gasteiger partial charge is 0.406 e. The van der Waals surface area contributed by atoms with Gasteiger partial charge in [-0.15, -0.1) is 0 Å². The average molecular weight is 259 g/mol. The summed E-state index contributed by atoms with van der Waals surface area (Å²) in [6, 6.07) is 19.6. The second-order valence-electron chi connectivity index (χ2n) is 5.86.